The van der Waals surface area contributed by atoms with Gasteiger partial charge in [-0.3, -0.25) is 9.69 Å². The fraction of sp³-hybridized carbons (Fsp3) is 0.348. The molecule has 2 aromatic carbocycles. The van der Waals surface area contributed by atoms with Crippen molar-refractivity contribution in [2.24, 2.45) is 0 Å². The van der Waals surface area contributed by atoms with Crippen molar-refractivity contribution in [2.45, 2.75) is 50.4 Å². The van der Waals surface area contributed by atoms with Crippen molar-refractivity contribution in [3.63, 3.8) is 0 Å². The molecule has 144 valence electrons. The van der Waals surface area contributed by atoms with Gasteiger partial charge in [0.2, 0.25) is 0 Å². The van der Waals surface area contributed by atoms with E-state index in [2.05, 4.69) is 15.2 Å². The van der Waals surface area contributed by atoms with Crippen molar-refractivity contribution >= 4 is 16.8 Å². The van der Waals surface area contributed by atoms with Gasteiger partial charge in [-0.2, -0.15) is 0 Å². The van der Waals surface area contributed by atoms with Crippen LogP contribution in [-0.4, -0.2) is 33.9 Å². The third-order valence-corrected chi connectivity index (χ3v) is 6.32. The van der Waals surface area contributed by atoms with E-state index in [4.69, 9.17) is 0 Å². The number of hydrogen-bond donors (Lipinski definition) is 2. The van der Waals surface area contributed by atoms with E-state index in [9.17, 15) is 9.18 Å². The Kier molecular flexibility index (Phi) is 4.40. The number of aromatic amines is 1. The molecule has 1 unspecified atom stereocenters. The maximum Gasteiger partial charge on any atom is 0.251 e. The monoisotopic (exact) mass is 377 g/mol. The van der Waals surface area contributed by atoms with Crippen molar-refractivity contribution < 1.29 is 9.18 Å². The van der Waals surface area contributed by atoms with Crippen molar-refractivity contribution in [3.05, 3.63) is 71.7 Å². The summed E-state index contributed by atoms with van der Waals surface area (Å²) in [5.41, 5.74) is 2.85. The zero-order valence-corrected chi connectivity index (χ0v) is 15.7. The van der Waals surface area contributed by atoms with Crippen LogP contribution in [0.15, 0.2) is 54.7 Å². The Morgan fingerprint density at radius 3 is 2.57 bits per heavy atom. The van der Waals surface area contributed by atoms with Gasteiger partial charge < -0.3 is 10.3 Å². The predicted molar refractivity (Wildman–Crippen MR) is 108 cm³/mol. The Balaban J connectivity index is 1.24. The molecule has 0 saturated carbocycles. The number of halogens is 1. The van der Waals surface area contributed by atoms with Gasteiger partial charge in [-0.05, 0) is 67.0 Å². The summed E-state index contributed by atoms with van der Waals surface area (Å²) in [5.74, 6) is -0.182. The molecule has 2 N–H and O–H groups in total. The average molecular weight is 377 g/mol. The second-order valence-electron chi connectivity index (χ2n) is 8.11. The minimum absolute atomic E-state index is 0.00730. The molecule has 5 heteroatoms. The summed E-state index contributed by atoms with van der Waals surface area (Å²) in [6.07, 6.45) is 6.20. The van der Waals surface area contributed by atoms with Gasteiger partial charge in [0.05, 0.1) is 0 Å². The number of nitrogens with zero attached hydrogens (tertiary/aromatic N) is 1. The SMILES string of the molecule is O=C(NC1C[C@H]2CC[C@@H](C1)N2Cc1ccc(F)cc1)c1ccc2cc[nH]c2c1. The molecular formula is C23H24FN3O. The van der Waals surface area contributed by atoms with Gasteiger partial charge in [0.25, 0.3) is 5.91 Å². The van der Waals surface area contributed by atoms with Crippen LogP contribution in [0.2, 0.25) is 0 Å². The number of rotatable bonds is 4. The van der Waals surface area contributed by atoms with E-state index in [-0.39, 0.29) is 17.8 Å². The van der Waals surface area contributed by atoms with E-state index in [1.54, 1.807) is 0 Å². The Bertz CT molecular complexity index is 983. The van der Waals surface area contributed by atoms with Gasteiger partial charge in [0.1, 0.15) is 5.82 Å². The summed E-state index contributed by atoms with van der Waals surface area (Å²) >= 11 is 0. The largest absolute Gasteiger partial charge is 0.361 e. The number of hydrogen-bond acceptors (Lipinski definition) is 2. The number of carbonyl (C=O) groups is 1. The third-order valence-electron chi connectivity index (χ3n) is 6.32. The van der Waals surface area contributed by atoms with E-state index in [0.29, 0.717) is 17.6 Å². The second-order valence-corrected chi connectivity index (χ2v) is 8.11. The van der Waals surface area contributed by atoms with Crippen molar-refractivity contribution in [1.82, 2.24) is 15.2 Å². The fourth-order valence-corrected chi connectivity index (χ4v) is 4.91. The molecule has 1 amide bonds. The van der Waals surface area contributed by atoms with E-state index >= 15 is 0 Å². The minimum Gasteiger partial charge on any atom is -0.361 e. The van der Waals surface area contributed by atoms with Crippen LogP contribution in [0.3, 0.4) is 0 Å². The second kappa shape index (κ2) is 7.06. The minimum atomic E-state index is -0.189. The maximum atomic E-state index is 13.2. The summed E-state index contributed by atoms with van der Waals surface area (Å²) < 4.78 is 13.2. The normalized spacial score (nSPS) is 24.5. The van der Waals surface area contributed by atoms with Gasteiger partial charge >= 0.3 is 0 Å². The number of carbonyl (C=O) groups excluding carboxylic acids is 1. The Labute approximate surface area is 163 Å². The molecule has 5 rings (SSSR count). The van der Waals surface area contributed by atoms with Crippen molar-refractivity contribution in [2.75, 3.05) is 0 Å². The standard InChI is InChI=1S/C23H24FN3O/c24-18-5-1-15(2-6-18)14-27-20-7-8-21(27)13-19(12-20)26-23(28)17-4-3-16-9-10-25-22(16)11-17/h1-6,9-11,19-21,25H,7-8,12-14H2,(H,26,28)/t19?,20-,21+. The molecule has 0 aliphatic carbocycles. The summed E-state index contributed by atoms with van der Waals surface area (Å²) in [4.78, 5) is 18.4. The number of H-pyrrole nitrogens is 1. The van der Waals surface area contributed by atoms with E-state index in [0.717, 1.165) is 35.9 Å². The summed E-state index contributed by atoms with van der Waals surface area (Å²) in [6, 6.07) is 15.8. The molecule has 1 aromatic heterocycles. The molecule has 2 bridgehead atoms. The number of amides is 1. The smallest absolute Gasteiger partial charge is 0.251 e. The quantitative estimate of drug-likeness (QED) is 0.715. The number of fused-ring (bicyclic) bond motifs is 3. The number of benzene rings is 2. The predicted octanol–water partition coefficient (Wildman–Crippen LogP) is 4.23. The molecular weight excluding hydrogens is 353 g/mol. The molecule has 2 aliphatic heterocycles. The lowest BCUT2D eigenvalue weighted by Gasteiger charge is -2.39. The van der Waals surface area contributed by atoms with Gasteiger partial charge in [-0.25, -0.2) is 4.39 Å². The first-order valence-electron chi connectivity index (χ1n) is 10.0. The molecule has 2 fully saturated rings. The molecule has 3 atom stereocenters. The third kappa shape index (κ3) is 3.31. The van der Waals surface area contributed by atoms with Crippen LogP contribution < -0.4 is 5.32 Å². The lowest BCUT2D eigenvalue weighted by atomic mass is 9.96. The van der Waals surface area contributed by atoms with Crippen molar-refractivity contribution in [1.29, 1.82) is 0 Å². The number of nitrogens with one attached hydrogen (secondary N) is 2. The Morgan fingerprint density at radius 2 is 1.82 bits per heavy atom. The van der Waals surface area contributed by atoms with Gasteiger partial charge in [-0.15, -0.1) is 0 Å². The lowest BCUT2D eigenvalue weighted by molar-refractivity contribution is 0.0828. The zero-order chi connectivity index (χ0) is 19.1. The van der Waals surface area contributed by atoms with Crippen LogP contribution in [-0.2, 0) is 6.54 Å². The Hall–Kier alpha value is -2.66. The first-order chi connectivity index (χ1) is 13.7. The van der Waals surface area contributed by atoms with Gasteiger partial charge in [-0.1, -0.05) is 18.2 Å². The van der Waals surface area contributed by atoms with Crippen molar-refractivity contribution in [3.8, 4) is 0 Å². The molecule has 2 aliphatic rings. The number of aromatic nitrogens is 1. The van der Waals surface area contributed by atoms with Crippen LogP contribution in [0, 0.1) is 5.82 Å². The fourth-order valence-electron chi connectivity index (χ4n) is 4.91. The van der Waals surface area contributed by atoms with Crippen LogP contribution >= 0.6 is 0 Å². The van der Waals surface area contributed by atoms with E-state index in [1.807, 2.05) is 42.6 Å². The molecule has 0 radical (unpaired) electrons. The van der Waals surface area contributed by atoms with Crippen LogP contribution in [0.1, 0.15) is 41.6 Å². The van der Waals surface area contributed by atoms with E-state index in [1.165, 1.54) is 25.0 Å². The molecule has 3 aromatic rings. The van der Waals surface area contributed by atoms with Crippen LogP contribution in [0.4, 0.5) is 4.39 Å². The first-order valence-corrected chi connectivity index (χ1v) is 10.0. The Morgan fingerprint density at radius 1 is 1.07 bits per heavy atom. The molecule has 28 heavy (non-hydrogen) atoms. The van der Waals surface area contributed by atoms with Gasteiger partial charge in [0, 0.05) is 41.9 Å². The highest BCUT2D eigenvalue weighted by molar-refractivity contribution is 5.98. The lowest BCUT2D eigenvalue weighted by Crippen LogP contribution is -2.49. The number of piperidine rings is 1. The highest BCUT2D eigenvalue weighted by Crippen LogP contribution is 2.37. The summed E-state index contributed by atoms with van der Waals surface area (Å²) in [5, 5.41) is 4.37. The molecule has 4 nitrogen and oxygen atoms in total. The summed E-state index contributed by atoms with van der Waals surface area (Å²) in [6.45, 7) is 0.861. The van der Waals surface area contributed by atoms with Crippen LogP contribution in [0.5, 0.6) is 0 Å². The molecule has 0 spiro atoms. The molecule has 2 saturated heterocycles. The zero-order valence-electron chi connectivity index (χ0n) is 15.7. The molecule has 3 heterocycles. The summed E-state index contributed by atoms with van der Waals surface area (Å²) in [7, 11) is 0. The highest BCUT2D eigenvalue weighted by Gasteiger charge is 2.40. The maximum absolute atomic E-state index is 13.2. The average Bonchev–Trinajstić information content (AvgIpc) is 3.25. The highest BCUT2D eigenvalue weighted by atomic mass is 19.1. The first kappa shape index (κ1) is 17.4. The van der Waals surface area contributed by atoms with Crippen LogP contribution in [0.25, 0.3) is 10.9 Å². The topological polar surface area (TPSA) is 48.1 Å². The van der Waals surface area contributed by atoms with Gasteiger partial charge in [0.15, 0.2) is 0 Å². The van der Waals surface area contributed by atoms with E-state index < -0.39 is 0 Å².